The first-order valence-electron chi connectivity index (χ1n) is 12.5. The van der Waals surface area contributed by atoms with Gasteiger partial charge in [-0.1, -0.05) is 49.7 Å². The fourth-order valence-corrected chi connectivity index (χ4v) is 6.15. The lowest BCUT2D eigenvalue weighted by atomic mass is 10.1. The predicted molar refractivity (Wildman–Crippen MR) is 159 cm³/mol. The van der Waals surface area contributed by atoms with E-state index in [0.717, 1.165) is 15.8 Å². The normalized spacial score (nSPS) is 12.9. The van der Waals surface area contributed by atoms with Gasteiger partial charge in [0.15, 0.2) is 5.01 Å². The number of thiazole rings is 1. The van der Waals surface area contributed by atoms with Gasteiger partial charge < -0.3 is 10.1 Å². The highest BCUT2D eigenvalue weighted by molar-refractivity contribution is 7.89. The van der Waals surface area contributed by atoms with Crippen molar-refractivity contribution in [3.8, 4) is 11.1 Å². The molecule has 0 aliphatic carbocycles. The fourth-order valence-electron chi connectivity index (χ4n) is 3.81. The van der Waals surface area contributed by atoms with Crippen molar-refractivity contribution in [2.24, 2.45) is 5.92 Å². The minimum Gasteiger partial charge on any atom is -0.459 e. The Morgan fingerprint density at radius 2 is 1.55 bits per heavy atom. The van der Waals surface area contributed by atoms with Crippen LogP contribution in [0.2, 0.25) is 5.02 Å². The average Bonchev–Trinajstić information content (AvgIpc) is 3.30. The number of sulfonamides is 1. The Labute approximate surface area is 242 Å². The van der Waals surface area contributed by atoms with Crippen molar-refractivity contribution in [3.63, 3.8) is 0 Å². The molecule has 1 aromatic heterocycles. The van der Waals surface area contributed by atoms with Crippen molar-refractivity contribution >= 4 is 60.7 Å². The Balaban J connectivity index is 1.44. The second-order valence-electron chi connectivity index (χ2n) is 10.6. The highest BCUT2D eigenvalue weighted by Gasteiger charge is 2.32. The van der Waals surface area contributed by atoms with Crippen molar-refractivity contribution in [3.05, 3.63) is 76.8 Å². The smallest absolute Gasteiger partial charge is 0.324 e. The molecule has 4 rings (SSSR count). The molecule has 0 fully saturated rings. The lowest BCUT2D eigenvalue weighted by Crippen LogP contribution is -2.47. The summed E-state index contributed by atoms with van der Waals surface area (Å²) in [6, 6.07) is 17.8. The van der Waals surface area contributed by atoms with Gasteiger partial charge in [-0.25, -0.2) is 13.4 Å². The van der Waals surface area contributed by atoms with E-state index in [4.69, 9.17) is 16.3 Å². The number of anilines is 1. The number of carbonyl (C=O) groups excluding carboxylic acids is 2. The van der Waals surface area contributed by atoms with Crippen LogP contribution in [0.3, 0.4) is 0 Å². The molecule has 4 aromatic rings. The van der Waals surface area contributed by atoms with E-state index in [2.05, 4.69) is 15.0 Å². The van der Waals surface area contributed by atoms with Crippen LogP contribution in [-0.4, -0.2) is 36.9 Å². The van der Waals surface area contributed by atoms with Crippen molar-refractivity contribution in [1.82, 2.24) is 9.71 Å². The van der Waals surface area contributed by atoms with Crippen LogP contribution in [0, 0.1) is 5.92 Å². The number of ether oxygens (including phenoxy) is 1. The monoisotopic (exact) mass is 599 g/mol. The molecule has 0 saturated heterocycles. The largest absolute Gasteiger partial charge is 0.459 e. The molecule has 11 heteroatoms. The molecule has 40 heavy (non-hydrogen) atoms. The van der Waals surface area contributed by atoms with Crippen LogP contribution >= 0.6 is 22.9 Å². The van der Waals surface area contributed by atoms with Crippen molar-refractivity contribution in [2.45, 2.75) is 51.2 Å². The Morgan fingerprint density at radius 1 is 0.950 bits per heavy atom. The standard InChI is InChI=1S/C29H30ClN3O5S2/c1-17(2)25(28(35)38-29(3,4)5)33-40(36,37)22-13-8-19(9-14-22)18-6-11-21(12-7-18)31-26(34)27-32-23-16-20(30)10-15-24(23)39-27/h6-17,25,33H,1-5H3,(H,31,34)/t25-/m0/s1. The highest BCUT2D eigenvalue weighted by Crippen LogP contribution is 2.27. The summed E-state index contributed by atoms with van der Waals surface area (Å²) in [6.45, 7) is 8.70. The molecule has 0 aliphatic heterocycles. The molecule has 1 amide bonds. The summed E-state index contributed by atoms with van der Waals surface area (Å²) in [7, 11) is -3.97. The molecule has 0 aliphatic rings. The van der Waals surface area contributed by atoms with Crippen molar-refractivity contribution in [2.75, 3.05) is 5.32 Å². The molecule has 0 bridgehead atoms. The molecule has 2 N–H and O–H groups in total. The van der Waals surface area contributed by atoms with E-state index in [0.29, 0.717) is 21.2 Å². The van der Waals surface area contributed by atoms with Gasteiger partial charge in [-0.3, -0.25) is 9.59 Å². The van der Waals surface area contributed by atoms with Crippen LogP contribution < -0.4 is 10.0 Å². The van der Waals surface area contributed by atoms with Crippen LogP contribution in [0.25, 0.3) is 21.3 Å². The van der Waals surface area contributed by atoms with Gasteiger partial charge >= 0.3 is 5.97 Å². The Kier molecular flexibility index (Phi) is 8.65. The second-order valence-corrected chi connectivity index (χ2v) is 13.7. The summed E-state index contributed by atoms with van der Waals surface area (Å²) < 4.78 is 34.8. The van der Waals surface area contributed by atoms with E-state index in [1.165, 1.54) is 23.5 Å². The van der Waals surface area contributed by atoms with Gasteiger partial charge in [-0.05, 0) is 80.3 Å². The fraction of sp³-hybridized carbons (Fsp3) is 0.276. The van der Waals surface area contributed by atoms with E-state index < -0.39 is 27.6 Å². The van der Waals surface area contributed by atoms with Crippen LogP contribution in [0.4, 0.5) is 5.69 Å². The average molecular weight is 600 g/mol. The molecule has 0 saturated carbocycles. The minimum atomic E-state index is -3.97. The quantitative estimate of drug-likeness (QED) is 0.223. The second kappa shape index (κ2) is 11.7. The minimum absolute atomic E-state index is 0.0338. The molecule has 1 heterocycles. The molecule has 0 radical (unpaired) electrons. The number of rotatable bonds is 8. The van der Waals surface area contributed by atoms with E-state index in [9.17, 15) is 18.0 Å². The summed E-state index contributed by atoms with van der Waals surface area (Å²) in [5, 5.41) is 3.73. The zero-order chi connectivity index (χ0) is 29.2. The predicted octanol–water partition coefficient (Wildman–Crippen LogP) is 6.51. The molecule has 0 spiro atoms. The van der Waals surface area contributed by atoms with E-state index >= 15 is 0 Å². The molecule has 1 atom stereocenters. The number of fused-ring (bicyclic) bond motifs is 1. The maximum absolute atomic E-state index is 13.0. The first-order chi connectivity index (χ1) is 18.7. The van der Waals surface area contributed by atoms with Gasteiger partial charge in [-0.2, -0.15) is 4.72 Å². The Hall–Kier alpha value is -3.31. The van der Waals surface area contributed by atoms with E-state index in [1.807, 2.05) is 18.2 Å². The maximum atomic E-state index is 13.0. The van der Waals surface area contributed by atoms with Crippen LogP contribution in [0.15, 0.2) is 71.6 Å². The van der Waals surface area contributed by atoms with Gasteiger partial charge in [0.2, 0.25) is 10.0 Å². The van der Waals surface area contributed by atoms with Gasteiger partial charge in [0.25, 0.3) is 5.91 Å². The summed E-state index contributed by atoms with van der Waals surface area (Å²) in [5.74, 6) is -1.25. The van der Waals surface area contributed by atoms with Gasteiger partial charge in [0, 0.05) is 10.7 Å². The molecule has 0 unspecified atom stereocenters. The molecule has 8 nitrogen and oxygen atoms in total. The number of nitrogens with zero attached hydrogens (tertiary/aromatic N) is 1. The SMILES string of the molecule is CC(C)[C@H](NS(=O)(=O)c1ccc(-c2ccc(NC(=O)c3nc4cc(Cl)ccc4s3)cc2)cc1)C(=O)OC(C)(C)C. The van der Waals surface area contributed by atoms with Crippen molar-refractivity contribution < 1.29 is 22.7 Å². The number of amides is 1. The summed E-state index contributed by atoms with van der Waals surface area (Å²) >= 11 is 7.29. The summed E-state index contributed by atoms with van der Waals surface area (Å²) in [6.07, 6.45) is 0. The first kappa shape index (κ1) is 29.7. The van der Waals surface area contributed by atoms with E-state index in [-0.39, 0.29) is 16.7 Å². The van der Waals surface area contributed by atoms with Gasteiger partial charge in [-0.15, -0.1) is 11.3 Å². The number of esters is 1. The lowest BCUT2D eigenvalue weighted by molar-refractivity contribution is -0.158. The van der Waals surface area contributed by atoms with E-state index in [1.54, 1.807) is 71.0 Å². The molecule has 210 valence electrons. The Morgan fingerprint density at radius 3 is 2.12 bits per heavy atom. The lowest BCUT2D eigenvalue weighted by Gasteiger charge is -2.26. The number of nitrogens with one attached hydrogen (secondary N) is 2. The van der Waals surface area contributed by atoms with Gasteiger partial charge in [0.05, 0.1) is 15.1 Å². The molecule has 3 aromatic carbocycles. The molecular weight excluding hydrogens is 570 g/mol. The maximum Gasteiger partial charge on any atom is 0.324 e. The Bertz CT molecular complexity index is 1640. The highest BCUT2D eigenvalue weighted by atomic mass is 35.5. The zero-order valence-corrected chi connectivity index (χ0v) is 25.1. The zero-order valence-electron chi connectivity index (χ0n) is 22.7. The third-order valence-corrected chi connectivity index (χ3v) is 8.52. The topological polar surface area (TPSA) is 114 Å². The third-order valence-electron chi connectivity index (χ3n) is 5.79. The number of benzene rings is 3. The first-order valence-corrected chi connectivity index (χ1v) is 15.2. The molecular formula is C29H30ClN3O5S2. The van der Waals surface area contributed by atoms with Gasteiger partial charge in [0.1, 0.15) is 11.6 Å². The van der Waals surface area contributed by atoms with Crippen LogP contribution in [0.1, 0.15) is 44.4 Å². The summed E-state index contributed by atoms with van der Waals surface area (Å²) in [4.78, 5) is 29.7. The number of hydrogen-bond acceptors (Lipinski definition) is 7. The van der Waals surface area contributed by atoms with Crippen molar-refractivity contribution in [1.29, 1.82) is 0 Å². The van der Waals surface area contributed by atoms with Crippen LogP contribution in [-0.2, 0) is 19.6 Å². The number of hydrogen-bond donors (Lipinski definition) is 2. The number of halogens is 1. The number of aromatic nitrogens is 1. The third kappa shape index (κ3) is 7.25. The number of carbonyl (C=O) groups is 2. The summed E-state index contributed by atoms with van der Waals surface area (Å²) in [5.41, 5.74) is 2.14. The van der Waals surface area contributed by atoms with Crippen LogP contribution in [0.5, 0.6) is 0 Å².